The van der Waals surface area contributed by atoms with Gasteiger partial charge in [-0.1, -0.05) is 6.07 Å². The van der Waals surface area contributed by atoms with Crippen molar-refractivity contribution in [1.82, 2.24) is 4.90 Å². The molecule has 1 saturated carbocycles. The molecule has 1 aromatic carbocycles. The van der Waals surface area contributed by atoms with Crippen molar-refractivity contribution in [1.29, 1.82) is 0 Å². The zero-order chi connectivity index (χ0) is 19.7. The second kappa shape index (κ2) is 7.83. The van der Waals surface area contributed by atoms with Crippen molar-refractivity contribution in [2.24, 2.45) is 5.92 Å². The number of benzene rings is 1. The van der Waals surface area contributed by atoms with Gasteiger partial charge < -0.3 is 19.3 Å². The van der Waals surface area contributed by atoms with Crippen LogP contribution in [0.5, 0.6) is 11.5 Å². The Kier molecular flexibility index (Phi) is 5.26. The average molecular weight is 401 g/mol. The van der Waals surface area contributed by atoms with E-state index in [2.05, 4.69) is 6.07 Å². The van der Waals surface area contributed by atoms with Crippen LogP contribution in [-0.2, 0) is 16.1 Å². The number of thiophene rings is 1. The van der Waals surface area contributed by atoms with Crippen LogP contribution in [0.2, 0.25) is 0 Å². The minimum atomic E-state index is -0.330. The molecule has 4 rings (SSSR count). The number of anilines is 1. The summed E-state index contributed by atoms with van der Waals surface area (Å²) in [4.78, 5) is 30.8. The largest absolute Gasteiger partial charge is 0.497 e. The van der Waals surface area contributed by atoms with E-state index in [4.69, 9.17) is 9.47 Å². The smallest absolute Gasteiger partial charge is 0.228 e. The van der Waals surface area contributed by atoms with Crippen molar-refractivity contribution in [3.05, 3.63) is 40.6 Å². The molecule has 0 N–H and O–H groups in total. The van der Waals surface area contributed by atoms with E-state index in [0.717, 1.165) is 12.8 Å². The lowest BCUT2D eigenvalue weighted by molar-refractivity contribution is -0.137. The third kappa shape index (κ3) is 3.71. The van der Waals surface area contributed by atoms with Crippen molar-refractivity contribution in [2.75, 3.05) is 25.7 Å². The Bertz CT molecular complexity index is 863. The summed E-state index contributed by atoms with van der Waals surface area (Å²) < 4.78 is 10.7. The van der Waals surface area contributed by atoms with E-state index in [1.54, 1.807) is 48.7 Å². The standard InChI is InChI=1S/C21H24N2O4S/c1-26-16-7-8-19(27-2)18(11-16)23-12-14(10-20(23)24)21(25)22(15-5-6-15)13-17-4-3-9-28-17/h3-4,7-9,11,14-15H,5-6,10,12-13H2,1-2H3. The third-order valence-corrected chi connectivity index (χ3v) is 6.19. The topological polar surface area (TPSA) is 59.1 Å². The highest BCUT2D eigenvalue weighted by Gasteiger charge is 2.42. The molecular weight excluding hydrogens is 376 g/mol. The number of ether oxygens (including phenoxy) is 2. The van der Waals surface area contributed by atoms with Gasteiger partial charge in [-0.15, -0.1) is 11.3 Å². The number of carbonyl (C=O) groups excluding carboxylic acids is 2. The van der Waals surface area contributed by atoms with Gasteiger partial charge in [0.05, 0.1) is 32.4 Å². The van der Waals surface area contributed by atoms with Gasteiger partial charge in [0.2, 0.25) is 11.8 Å². The molecule has 2 amide bonds. The van der Waals surface area contributed by atoms with Gasteiger partial charge in [-0.2, -0.15) is 0 Å². The maximum absolute atomic E-state index is 13.2. The number of carbonyl (C=O) groups is 2. The van der Waals surface area contributed by atoms with Crippen molar-refractivity contribution in [3.63, 3.8) is 0 Å². The van der Waals surface area contributed by atoms with Gasteiger partial charge in [0.25, 0.3) is 0 Å². The predicted molar refractivity (Wildman–Crippen MR) is 108 cm³/mol. The van der Waals surface area contributed by atoms with Crippen LogP contribution in [0.4, 0.5) is 5.69 Å². The van der Waals surface area contributed by atoms with Gasteiger partial charge >= 0.3 is 0 Å². The van der Waals surface area contributed by atoms with Crippen LogP contribution in [0, 0.1) is 5.92 Å². The molecule has 0 radical (unpaired) electrons. The molecule has 1 saturated heterocycles. The number of methoxy groups -OCH3 is 2. The first kappa shape index (κ1) is 18.8. The van der Waals surface area contributed by atoms with E-state index >= 15 is 0 Å². The van der Waals surface area contributed by atoms with Crippen LogP contribution < -0.4 is 14.4 Å². The molecule has 1 atom stereocenters. The lowest BCUT2D eigenvalue weighted by atomic mass is 10.1. The number of hydrogen-bond donors (Lipinski definition) is 0. The number of amides is 2. The second-order valence-corrected chi connectivity index (χ2v) is 8.25. The predicted octanol–water partition coefficient (Wildman–Crippen LogP) is 3.31. The maximum Gasteiger partial charge on any atom is 0.228 e. The molecule has 148 valence electrons. The Labute approximate surface area is 168 Å². The van der Waals surface area contributed by atoms with Gasteiger partial charge in [-0.3, -0.25) is 9.59 Å². The van der Waals surface area contributed by atoms with Gasteiger partial charge in [0.1, 0.15) is 11.5 Å². The molecule has 1 aromatic heterocycles. The Morgan fingerprint density at radius 1 is 1.25 bits per heavy atom. The summed E-state index contributed by atoms with van der Waals surface area (Å²) in [5, 5.41) is 2.03. The molecule has 1 unspecified atom stereocenters. The summed E-state index contributed by atoms with van der Waals surface area (Å²) in [6, 6.07) is 9.73. The molecule has 28 heavy (non-hydrogen) atoms. The van der Waals surface area contributed by atoms with E-state index in [-0.39, 0.29) is 24.2 Å². The maximum atomic E-state index is 13.2. The van der Waals surface area contributed by atoms with Crippen LogP contribution in [-0.4, -0.2) is 43.5 Å². The first-order valence-corrected chi connectivity index (χ1v) is 10.3. The molecule has 1 aliphatic carbocycles. The van der Waals surface area contributed by atoms with E-state index in [9.17, 15) is 9.59 Å². The lowest BCUT2D eigenvalue weighted by Crippen LogP contribution is -2.38. The molecule has 1 aliphatic heterocycles. The van der Waals surface area contributed by atoms with E-state index in [1.165, 1.54) is 4.88 Å². The van der Waals surface area contributed by atoms with E-state index < -0.39 is 0 Å². The molecular formula is C21H24N2O4S. The Hall–Kier alpha value is -2.54. The van der Waals surface area contributed by atoms with Crippen molar-refractivity contribution in [3.8, 4) is 11.5 Å². The number of rotatable bonds is 7. The summed E-state index contributed by atoms with van der Waals surface area (Å²) in [7, 11) is 3.16. The van der Waals surface area contributed by atoms with Gasteiger partial charge in [0.15, 0.2) is 0 Å². The zero-order valence-corrected chi connectivity index (χ0v) is 16.9. The first-order chi connectivity index (χ1) is 13.6. The third-order valence-electron chi connectivity index (χ3n) is 5.33. The van der Waals surface area contributed by atoms with Crippen molar-refractivity contribution < 1.29 is 19.1 Å². The molecule has 6 nitrogen and oxygen atoms in total. The quantitative estimate of drug-likeness (QED) is 0.716. The highest BCUT2D eigenvalue weighted by Crippen LogP contribution is 2.38. The summed E-state index contributed by atoms with van der Waals surface area (Å²) in [6.07, 6.45) is 2.32. The normalized spacial score (nSPS) is 19.0. The average Bonchev–Trinajstić information content (AvgIpc) is 3.28. The lowest BCUT2D eigenvalue weighted by Gasteiger charge is -2.25. The summed E-state index contributed by atoms with van der Waals surface area (Å²) >= 11 is 1.66. The molecule has 2 aliphatic rings. The number of nitrogens with zero attached hydrogens (tertiary/aromatic N) is 2. The fourth-order valence-electron chi connectivity index (χ4n) is 3.69. The molecule has 2 heterocycles. The highest BCUT2D eigenvalue weighted by molar-refractivity contribution is 7.09. The first-order valence-electron chi connectivity index (χ1n) is 9.46. The van der Waals surface area contributed by atoms with Gasteiger partial charge in [-0.05, 0) is 36.4 Å². The monoisotopic (exact) mass is 400 g/mol. The van der Waals surface area contributed by atoms with Crippen LogP contribution in [0.15, 0.2) is 35.7 Å². The van der Waals surface area contributed by atoms with E-state index in [0.29, 0.717) is 36.3 Å². The van der Waals surface area contributed by atoms with Crippen LogP contribution in [0.25, 0.3) is 0 Å². The summed E-state index contributed by atoms with van der Waals surface area (Å²) in [6.45, 7) is 1.00. The molecule has 7 heteroatoms. The minimum absolute atomic E-state index is 0.0585. The minimum Gasteiger partial charge on any atom is -0.497 e. The molecule has 2 aromatic rings. The van der Waals surface area contributed by atoms with Crippen molar-refractivity contribution >= 4 is 28.8 Å². The van der Waals surface area contributed by atoms with Crippen LogP contribution >= 0.6 is 11.3 Å². The van der Waals surface area contributed by atoms with Gasteiger partial charge in [0, 0.05) is 30.0 Å². The summed E-state index contributed by atoms with van der Waals surface area (Å²) in [5.41, 5.74) is 0.651. The number of hydrogen-bond acceptors (Lipinski definition) is 5. The molecule has 0 spiro atoms. The second-order valence-electron chi connectivity index (χ2n) is 7.22. The highest BCUT2D eigenvalue weighted by atomic mass is 32.1. The Morgan fingerprint density at radius 2 is 2.07 bits per heavy atom. The van der Waals surface area contributed by atoms with Crippen molar-refractivity contribution in [2.45, 2.75) is 31.8 Å². The van der Waals surface area contributed by atoms with E-state index in [1.807, 2.05) is 16.3 Å². The fraction of sp³-hybridized carbons (Fsp3) is 0.429. The fourth-order valence-corrected chi connectivity index (χ4v) is 4.39. The SMILES string of the molecule is COc1ccc(OC)c(N2CC(C(=O)N(Cc3cccs3)C3CC3)CC2=O)c1. The molecule has 0 bridgehead atoms. The Balaban J connectivity index is 1.53. The Morgan fingerprint density at radius 3 is 2.71 bits per heavy atom. The summed E-state index contributed by atoms with van der Waals surface area (Å²) in [5.74, 6) is 0.935. The van der Waals surface area contributed by atoms with Crippen LogP contribution in [0.1, 0.15) is 24.1 Å². The zero-order valence-electron chi connectivity index (χ0n) is 16.1. The van der Waals surface area contributed by atoms with Crippen LogP contribution in [0.3, 0.4) is 0 Å². The molecule has 2 fully saturated rings. The van der Waals surface area contributed by atoms with Gasteiger partial charge in [-0.25, -0.2) is 0 Å².